The van der Waals surface area contributed by atoms with Gasteiger partial charge in [-0.15, -0.1) is 0 Å². The maximum Gasteiger partial charge on any atom is 0.0408 e. The van der Waals surface area contributed by atoms with E-state index in [-0.39, 0.29) is 11.3 Å². The zero-order valence-electron chi connectivity index (χ0n) is 14.9. The Bertz CT molecular complexity index is 421. The molecule has 114 valence electrons. The molecule has 0 bridgehead atoms. The number of hydrogen-bond acceptors (Lipinski definition) is 1. The molecule has 20 heavy (non-hydrogen) atoms. The van der Waals surface area contributed by atoms with Gasteiger partial charge >= 0.3 is 0 Å². The third-order valence-electron chi connectivity index (χ3n) is 3.57. The van der Waals surface area contributed by atoms with Crippen LogP contribution in [0.25, 0.3) is 0 Å². The fourth-order valence-electron chi connectivity index (χ4n) is 1.82. The van der Waals surface area contributed by atoms with Crippen molar-refractivity contribution < 1.29 is 0 Å². The van der Waals surface area contributed by atoms with Gasteiger partial charge in [0.2, 0.25) is 0 Å². The molecule has 0 heterocycles. The van der Waals surface area contributed by atoms with Gasteiger partial charge in [0.05, 0.1) is 0 Å². The van der Waals surface area contributed by atoms with E-state index < -0.39 is 0 Å². The van der Waals surface area contributed by atoms with Crippen LogP contribution in [-0.4, -0.2) is 5.71 Å². The normalized spacial score (nSPS) is 14.8. The summed E-state index contributed by atoms with van der Waals surface area (Å²) in [5.74, 6) is 0.700. The predicted octanol–water partition coefficient (Wildman–Crippen LogP) is 6.18. The van der Waals surface area contributed by atoms with Crippen molar-refractivity contribution in [3.05, 3.63) is 34.9 Å². The van der Waals surface area contributed by atoms with Gasteiger partial charge in [-0.1, -0.05) is 65.3 Å². The fourth-order valence-corrected chi connectivity index (χ4v) is 1.82. The van der Waals surface area contributed by atoms with Crippen LogP contribution in [0.4, 0.5) is 0 Å². The first kappa shape index (κ1) is 18.9. The Labute approximate surface area is 126 Å². The lowest BCUT2D eigenvalue weighted by atomic mass is 9.82. The van der Waals surface area contributed by atoms with Gasteiger partial charge in [-0.25, -0.2) is 0 Å². The van der Waals surface area contributed by atoms with Gasteiger partial charge in [0.15, 0.2) is 0 Å². The van der Waals surface area contributed by atoms with Crippen molar-refractivity contribution in [1.29, 1.82) is 5.41 Å². The molecule has 0 aromatic heterocycles. The van der Waals surface area contributed by atoms with Crippen molar-refractivity contribution in [3.8, 4) is 0 Å². The first-order valence-electron chi connectivity index (χ1n) is 7.60. The molecule has 1 nitrogen and oxygen atoms in total. The molecule has 0 fully saturated rings. The highest BCUT2D eigenvalue weighted by Gasteiger charge is 2.17. The van der Waals surface area contributed by atoms with Crippen molar-refractivity contribution in [3.63, 3.8) is 0 Å². The minimum absolute atomic E-state index is 0.110. The lowest BCUT2D eigenvalue weighted by molar-refractivity contribution is 0.512. The van der Waals surface area contributed by atoms with Crippen LogP contribution in [0.5, 0.6) is 0 Å². The fraction of sp³-hybridized carbons (Fsp3) is 0.632. The summed E-state index contributed by atoms with van der Waals surface area (Å²) >= 11 is 0. The van der Waals surface area contributed by atoms with Crippen molar-refractivity contribution in [2.45, 2.75) is 62.3 Å². The van der Waals surface area contributed by atoms with Crippen molar-refractivity contribution >= 4 is 5.71 Å². The standard InChI is InChI=1S/C19H33N/c1-13(2)10-11-17(19(7,8)9)12-15(5)18(20)16(6)14(3)4/h10-13,15,20H,1-9H3/b11-10-,17-12+,20-18?. The summed E-state index contributed by atoms with van der Waals surface area (Å²) < 4.78 is 0. The van der Waals surface area contributed by atoms with Crippen LogP contribution in [0.1, 0.15) is 62.3 Å². The van der Waals surface area contributed by atoms with E-state index in [1.165, 1.54) is 11.1 Å². The molecule has 1 unspecified atom stereocenters. The van der Waals surface area contributed by atoms with E-state index in [0.29, 0.717) is 5.92 Å². The zero-order valence-corrected chi connectivity index (χ0v) is 14.9. The largest absolute Gasteiger partial charge is 0.304 e. The minimum Gasteiger partial charge on any atom is -0.304 e. The van der Waals surface area contributed by atoms with Gasteiger partial charge in [0.1, 0.15) is 0 Å². The van der Waals surface area contributed by atoms with Crippen LogP contribution in [0.3, 0.4) is 0 Å². The second-order valence-electron chi connectivity index (χ2n) is 7.30. The summed E-state index contributed by atoms with van der Waals surface area (Å²) in [6.45, 7) is 19.4. The molecule has 0 aromatic carbocycles. The van der Waals surface area contributed by atoms with E-state index in [4.69, 9.17) is 5.41 Å². The second-order valence-corrected chi connectivity index (χ2v) is 7.30. The molecule has 0 saturated heterocycles. The van der Waals surface area contributed by atoms with Gasteiger partial charge in [-0.3, -0.25) is 0 Å². The molecule has 0 aromatic rings. The molecule has 1 N–H and O–H groups in total. The lowest BCUT2D eigenvalue weighted by Gasteiger charge is -2.23. The van der Waals surface area contributed by atoms with Crippen LogP contribution >= 0.6 is 0 Å². The Morgan fingerprint density at radius 3 is 1.85 bits per heavy atom. The van der Waals surface area contributed by atoms with E-state index in [2.05, 4.69) is 73.6 Å². The predicted molar refractivity (Wildman–Crippen MR) is 92.5 cm³/mol. The van der Waals surface area contributed by atoms with Gasteiger partial charge < -0.3 is 5.41 Å². The van der Waals surface area contributed by atoms with E-state index >= 15 is 0 Å². The average Bonchev–Trinajstić information content (AvgIpc) is 2.30. The molecule has 0 aliphatic rings. The van der Waals surface area contributed by atoms with Gasteiger partial charge in [0.25, 0.3) is 0 Å². The monoisotopic (exact) mass is 275 g/mol. The molecule has 1 heteroatoms. The Hall–Kier alpha value is -1.11. The Morgan fingerprint density at radius 2 is 1.50 bits per heavy atom. The summed E-state index contributed by atoms with van der Waals surface area (Å²) in [7, 11) is 0. The molecular weight excluding hydrogens is 242 g/mol. The van der Waals surface area contributed by atoms with Crippen LogP contribution < -0.4 is 0 Å². The summed E-state index contributed by atoms with van der Waals surface area (Å²) in [6, 6.07) is 0. The maximum atomic E-state index is 8.32. The SMILES string of the molecule is CC(C)=C(C)C(=N)C(C)/C=C(\C=C/C(C)C)C(C)(C)C. The van der Waals surface area contributed by atoms with Crippen LogP contribution in [0.2, 0.25) is 0 Å². The third kappa shape index (κ3) is 6.36. The lowest BCUT2D eigenvalue weighted by Crippen LogP contribution is -2.14. The summed E-state index contributed by atoms with van der Waals surface area (Å²) in [4.78, 5) is 0. The van der Waals surface area contributed by atoms with Crippen molar-refractivity contribution in [1.82, 2.24) is 0 Å². The van der Waals surface area contributed by atoms with E-state index in [9.17, 15) is 0 Å². The molecule has 0 aliphatic heterocycles. The first-order valence-corrected chi connectivity index (χ1v) is 7.60. The minimum atomic E-state index is 0.110. The highest BCUT2D eigenvalue weighted by molar-refractivity contribution is 6.00. The number of hydrogen-bond donors (Lipinski definition) is 1. The maximum absolute atomic E-state index is 8.32. The molecule has 0 saturated carbocycles. The van der Waals surface area contributed by atoms with Gasteiger partial charge in [-0.2, -0.15) is 0 Å². The van der Waals surface area contributed by atoms with E-state index in [1.54, 1.807) is 0 Å². The molecular formula is C19H33N. The van der Waals surface area contributed by atoms with Gasteiger partial charge in [0, 0.05) is 11.6 Å². The van der Waals surface area contributed by atoms with Crippen LogP contribution in [0.15, 0.2) is 34.9 Å². The quantitative estimate of drug-likeness (QED) is 0.457. The summed E-state index contributed by atoms with van der Waals surface area (Å²) in [5.41, 5.74) is 4.48. The third-order valence-corrected chi connectivity index (χ3v) is 3.57. The number of rotatable bonds is 5. The van der Waals surface area contributed by atoms with Crippen molar-refractivity contribution in [2.24, 2.45) is 17.3 Å². The van der Waals surface area contributed by atoms with Crippen molar-refractivity contribution in [2.75, 3.05) is 0 Å². The summed E-state index contributed by atoms with van der Waals surface area (Å²) in [5, 5.41) is 8.32. The number of nitrogens with one attached hydrogen (secondary N) is 1. The van der Waals surface area contributed by atoms with E-state index in [1.807, 2.05) is 6.92 Å². The van der Waals surface area contributed by atoms with Gasteiger partial charge in [-0.05, 0) is 43.3 Å². The molecule has 0 aliphatic carbocycles. The topological polar surface area (TPSA) is 23.9 Å². The second kappa shape index (κ2) is 7.61. The van der Waals surface area contributed by atoms with Crippen LogP contribution in [-0.2, 0) is 0 Å². The van der Waals surface area contributed by atoms with Crippen LogP contribution in [0, 0.1) is 22.7 Å². The Balaban J connectivity index is 5.40. The Kier molecular flexibility index (Phi) is 7.19. The highest BCUT2D eigenvalue weighted by Crippen LogP contribution is 2.29. The zero-order chi connectivity index (χ0) is 16.1. The molecule has 1 atom stereocenters. The molecule has 0 amide bonds. The first-order chi connectivity index (χ1) is 8.96. The Morgan fingerprint density at radius 1 is 1.00 bits per heavy atom. The summed E-state index contributed by atoms with van der Waals surface area (Å²) in [6.07, 6.45) is 6.71. The average molecular weight is 275 g/mol. The van der Waals surface area contributed by atoms with E-state index in [0.717, 1.165) is 11.3 Å². The molecule has 0 radical (unpaired) electrons. The smallest absolute Gasteiger partial charge is 0.0408 e. The molecule has 0 rings (SSSR count). The molecule has 0 spiro atoms. The highest BCUT2D eigenvalue weighted by atomic mass is 14.4. The number of allylic oxidation sites excluding steroid dienone is 6.